The van der Waals surface area contributed by atoms with E-state index >= 15 is 0 Å². The Bertz CT molecular complexity index is 761. The summed E-state index contributed by atoms with van der Waals surface area (Å²) in [6.45, 7) is -0.897. The summed E-state index contributed by atoms with van der Waals surface area (Å²) >= 11 is 5.45. The van der Waals surface area contributed by atoms with Gasteiger partial charge >= 0.3 is 5.97 Å². The molecule has 0 aliphatic heterocycles. The van der Waals surface area contributed by atoms with Gasteiger partial charge in [0, 0.05) is 6.20 Å². The second kappa shape index (κ2) is 5.12. The van der Waals surface area contributed by atoms with E-state index in [1.807, 2.05) is 0 Å². The van der Waals surface area contributed by atoms with Crippen LogP contribution in [0.2, 0.25) is 5.15 Å². The second-order valence-corrected chi connectivity index (χ2v) is 4.21. The highest BCUT2D eigenvalue weighted by Crippen LogP contribution is 2.18. The lowest BCUT2D eigenvalue weighted by atomic mass is 10.2. The van der Waals surface area contributed by atoms with Crippen LogP contribution >= 0.6 is 11.6 Å². The van der Waals surface area contributed by atoms with Crippen molar-refractivity contribution in [1.82, 2.24) is 9.55 Å². The number of aromatic nitrogens is 2. The minimum absolute atomic E-state index is 0.299. The van der Waals surface area contributed by atoms with E-state index in [1.165, 1.54) is 0 Å². The molecule has 1 N–H and O–H groups in total. The first-order valence-electron chi connectivity index (χ1n) is 5.22. The minimum Gasteiger partial charge on any atom is -0.477 e. The molecule has 20 heavy (non-hydrogen) atoms. The van der Waals surface area contributed by atoms with E-state index < -0.39 is 46.3 Å². The lowest BCUT2D eigenvalue weighted by Gasteiger charge is -2.11. The maximum atomic E-state index is 13.3. The molecule has 2 heterocycles. The molecule has 106 valence electrons. The number of alkyl halides is 2. The maximum Gasteiger partial charge on any atom is 0.341 e. The van der Waals surface area contributed by atoms with Crippen molar-refractivity contribution >= 4 is 28.6 Å². The summed E-state index contributed by atoms with van der Waals surface area (Å²) in [4.78, 5) is 26.3. The van der Waals surface area contributed by atoms with Crippen LogP contribution in [-0.4, -0.2) is 27.1 Å². The molecule has 0 saturated carbocycles. The quantitative estimate of drug-likeness (QED) is 0.882. The van der Waals surface area contributed by atoms with E-state index in [-0.39, 0.29) is 5.65 Å². The molecule has 2 aromatic heterocycles. The summed E-state index contributed by atoms with van der Waals surface area (Å²) < 4.78 is 39.0. The van der Waals surface area contributed by atoms with Crippen molar-refractivity contribution in [3.63, 3.8) is 0 Å². The monoisotopic (exact) mass is 306 g/mol. The molecule has 0 aliphatic rings. The first-order chi connectivity index (χ1) is 9.31. The first kappa shape index (κ1) is 14.3. The smallest absolute Gasteiger partial charge is 0.341 e. The van der Waals surface area contributed by atoms with Gasteiger partial charge in [0.15, 0.2) is 11.0 Å². The van der Waals surface area contributed by atoms with Gasteiger partial charge in [-0.05, 0) is 6.07 Å². The van der Waals surface area contributed by atoms with Crippen LogP contribution in [0.15, 0.2) is 17.1 Å². The van der Waals surface area contributed by atoms with E-state index in [2.05, 4.69) is 4.98 Å². The Morgan fingerprint density at radius 2 is 2.15 bits per heavy atom. The van der Waals surface area contributed by atoms with Gasteiger partial charge in [0.1, 0.15) is 11.2 Å². The van der Waals surface area contributed by atoms with Crippen molar-refractivity contribution < 1.29 is 23.1 Å². The number of carboxylic acid groups (broad SMARTS) is 1. The predicted octanol–water partition coefficient (Wildman–Crippen LogP) is 2.15. The Hall–Kier alpha value is -2.09. The van der Waals surface area contributed by atoms with Crippen LogP contribution < -0.4 is 5.43 Å². The van der Waals surface area contributed by atoms with Crippen LogP contribution in [0.5, 0.6) is 0 Å². The summed E-state index contributed by atoms with van der Waals surface area (Å²) in [5.74, 6) is -2.64. The fourth-order valence-electron chi connectivity index (χ4n) is 1.70. The van der Waals surface area contributed by atoms with E-state index in [4.69, 9.17) is 16.7 Å². The third-order valence-corrected chi connectivity index (χ3v) is 2.79. The van der Waals surface area contributed by atoms with Crippen LogP contribution in [-0.2, 0) is 6.54 Å². The molecular formula is C11H6ClF3N2O3. The van der Waals surface area contributed by atoms with E-state index in [0.717, 1.165) is 10.8 Å². The average molecular weight is 307 g/mol. The number of fused-ring (bicyclic) bond motifs is 1. The van der Waals surface area contributed by atoms with E-state index in [9.17, 15) is 22.8 Å². The summed E-state index contributed by atoms with van der Waals surface area (Å²) in [7, 11) is 0. The third-order valence-electron chi connectivity index (χ3n) is 2.52. The Morgan fingerprint density at radius 3 is 2.70 bits per heavy atom. The summed E-state index contributed by atoms with van der Waals surface area (Å²) in [5.41, 5.74) is -2.06. The topological polar surface area (TPSA) is 72.2 Å². The number of pyridine rings is 2. The van der Waals surface area contributed by atoms with Crippen LogP contribution in [0.3, 0.4) is 0 Å². The Kier molecular flexibility index (Phi) is 3.67. The molecule has 0 atom stereocenters. The summed E-state index contributed by atoms with van der Waals surface area (Å²) in [6, 6.07) is 0.682. The summed E-state index contributed by atoms with van der Waals surface area (Å²) in [5, 5.41) is 7.85. The molecule has 0 fully saturated rings. The fraction of sp³-hybridized carbons (Fsp3) is 0.182. The zero-order chi connectivity index (χ0) is 15.0. The molecule has 0 amide bonds. The van der Waals surface area contributed by atoms with Crippen LogP contribution in [0.4, 0.5) is 13.2 Å². The van der Waals surface area contributed by atoms with Gasteiger partial charge in [-0.1, -0.05) is 11.6 Å². The van der Waals surface area contributed by atoms with Gasteiger partial charge in [-0.15, -0.1) is 0 Å². The van der Waals surface area contributed by atoms with Crippen LogP contribution in [0, 0.1) is 5.82 Å². The molecule has 2 rings (SSSR count). The zero-order valence-electron chi connectivity index (χ0n) is 9.61. The normalized spacial score (nSPS) is 11.2. The predicted molar refractivity (Wildman–Crippen MR) is 63.9 cm³/mol. The number of halogens is 4. The number of nitrogens with zero attached hydrogens (tertiary/aromatic N) is 2. The Morgan fingerprint density at radius 1 is 1.50 bits per heavy atom. The second-order valence-electron chi connectivity index (χ2n) is 3.85. The number of carboxylic acids is 1. The van der Waals surface area contributed by atoms with Crippen molar-refractivity contribution in [2.24, 2.45) is 0 Å². The van der Waals surface area contributed by atoms with Crippen molar-refractivity contribution in [2.75, 3.05) is 0 Å². The molecular weight excluding hydrogens is 301 g/mol. The number of hydrogen-bond donors (Lipinski definition) is 1. The van der Waals surface area contributed by atoms with Gasteiger partial charge in [-0.25, -0.2) is 22.9 Å². The number of hydrogen-bond acceptors (Lipinski definition) is 3. The standard InChI is InChI=1S/C11H6ClF3N2O3/c12-9-6(13)1-4-8(18)5(11(19)20)2-17(3-7(14)15)10(4)16-9/h1-2,7H,3H2,(H,19,20). The Balaban J connectivity index is 2.89. The fourth-order valence-corrected chi connectivity index (χ4v) is 1.84. The van der Waals surface area contributed by atoms with Crippen LogP contribution in [0.1, 0.15) is 10.4 Å². The van der Waals surface area contributed by atoms with Crippen LogP contribution in [0.25, 0.3) is 11.0 Å². The molecule has 0 unspecified atom stereocenters. The van der Waals surface area contributed by atoms with Crippen molar-refractivity contribution in [3.05, 3.63) is 39.0 Å². The van der Waals surface area contributed by atoms with Gasteiger partial charge < -0.3 is 9.67 Å². The lowest BCUT2D eigenvalue weighted by Crippen LogP contribution is -2.21. The number of aromatic carboxylic acids is 1. The Labute approximate surface area is 114 Å². The molecule has 5 nitrogen and oxygen atoms in total. The van der Waals surface area contributed by atoms with Gasteiger partial charge in [0.05, 0.1) is 11.9 Å². The van der Waals surface area contributed by atoms with Crippen molar-refractivity contribution in [2.45, 2.75) is 13.0 Å². The van der Waals surface area contributed by atoms with Gasteiger partial charge in [0.25, 0.3) is 6.43 Å². The average Bonchev–Trinajstić information content (AvgIpc) is 2.34. The zero-order valence-corrected chi connectivity index (χ0v) is 10.4. The van der Waals surface area contributed by atoms with E-state index in [0.29, 0.717) is 6.07 Å². The third kappa shape index (κ3) is 2.46. The van der Waals surface area contributed by atoms with Gasteiger partial charge in [-0.2, -0.15) is 0 Å². The number of carbonyl (C=O) groups is 1. The molecule has 0 radical (unpaired) electrons. The highest BCUT2D eigenvalue weighted by Gasteiger charge is 2.19. The van der Waals surface area contributed by atoms with Gasteiger partial charge in [0.2, 0.25) is 5.43 Å². The minimum atomic E-state index is -2.81. The van der Waals surface area contributed by atoms with Gasteiger partial charge in [-0.3, -0.25) is 4.79 Å². The lowest BCUT2D eigenvalue weighted by molar-refractivity contribution is 0.0693. The highest BCUT2D eigenvalue weighted by molar-refractivity contribution is 6.29. The SMILES string of the molecule is O=C(O)c1cn(CC(F)F)c2nc(Cl)c(F)cc2c1=O. The molecule has 9 heteroatoms. The molecule has 0 aliphatic carbocycles. The number of rotatable bonds is 3. The maximum absolute atomic E-state index is 13.3. The summed E-state index contributed by atoms with van der Waals surface area (Å²) in [6.07, 6.45) is -2.08. The molecule has 0 bridgehead atoms. The molecule has 0 saturated heterocycles. The first-order valence-corrected chi connectivity index (χ1v) is 5.59. The molecule has 2 aromatic rings. The van der Waals surface area contributed by atoms with E-state index in [1.54, 1.807) is 0 Å². The van der Waals surface area contributed by atoms with Crippen molar-refractivity contribution in [1.29, 1.82) is 0 Å². The van der Waals surface area contributed by atoms with Crippen molar-refractivity contribution in [3.8, 4) is 0 Å². The highest BCUT2D eigenvalue weighted by atomic mass is 35.5. The molecule has 0 spiro atoms. The molecule has 0 aromatic carbocycles. The largest absolute Gasteiger partial charge is 0.477 e.